The molecule has 0 saturated heterocycles. The zero-order chi connectivity index (χ0) is 19.8. The highest BCUT2D eigenvalue weighted by Crippen LogP contribution is 2.41. The van der Waals surface area contributed by atoms with Gasteiger partial charge in [-0.15, -0.1) is 0 Å². The molecule has 2 heterocycles. The first kappa shape index (κ1) is 17.7. The van der Waals surface area contributed by atoms with Crippen LogP contribution in [0, 0.1) is 11.3 Å². The van der Waals surface area contributed by atoms with Crippen molar-refractivity contribution in [1.82, 2.24) is 24.8 Å². The number of nitrogens with one attached hydrogen (secondary N) is 2. The first-order chi connectivity index (χ1) is 13.5. The Morgan fingerprint density at radius 1 is 1.39 bits per heavy atom. The third-order valence-electron chi connectivity index (χ3n) is 4.85. The van der Waals surface area contributed by atoms with Gasteiger partial charge < -0.3 is 20.9 Å². The number of rotatable bonds is 5. The van der Waals surface area contributed by atoms with E-state index in [1.807, 2.05) is 31.2 Å². The average Bonchev–Trinajstić information content (AvgIpc) is 3.46. The summed E-state index contributed by atoms with van der Waals surface area (Å²) in [7, 11) is 1.62. The van der Waals surface area contributed by atoms with Gasteiger partial charge in [-0.2, -0.15) is 5.26 Å². The maximum absolute atomic E-state index is 12.4. The number of fused-ring (bicyclic) bond motifs is 1. The molecule has 4 N–H and O–H groups in total. The van der Waals surface area contributed by atoms with Crippen molar-refractivity contribution in [1.29, 1.82) is 5.26 Å². The van der Waals surface area contributed by atoms with Crippen LogP contribution in [0.4, 0.5) is 11.6 Å². The van der Waals surface area contributed by atoms with Gasteiger partial charge >= 0.3 is 0 Å². The van der Waals surface area contributed by atoms with Gasteiger partial charge in [-0.05, 0) is 31.9 Å². The molecule has 1 aromatic carbocycles. The van der Waals surface area contributed by atoms with Gasteiger partial charge in [-0.25, -0.2) is 15.0 Å². The standard InChI is InChI=1S/C19H20N8O/c1-10(25-17-13(8-20)16(21)23-9-24-17)18-26-14-5-3-4-12(19(28)22-2)15(14)27(18)11-6-7-11/h3-5,9-11H,6-7H2,1-2H3,(H,22,28)(H3,21,23,24,25). The van der Waals surface area contributed by atoms with E-state index >= 15 is 0 Å². The van der Waals surface area contributed by atoms with E-state index in [-0.39, 0.29) is 23.3 Å². The topological polar surface area (TPSA) is 135 Å². The molecule has 2 aromatic heterocycles. The summed E-state index contributed by atoms with van der Waals surface area (Å²) in [5.74, 6) is 1.14. The Morgan fingerprint density at radius 2 is 2.18 bits per heavy atom. The number of aromatic nitrogens is 4. The molecule has 1 unspecified atom stereocenters. The smallest absolute Gasteiger partial charge is 0.253 e. The molecular formula is C19H20N8O. The van der Waals surface area contributed by atoms with E-state index in [9.17, 15) is 10.1 Å². The zero-order valence-corrected chi connectivity index (χ0v) is 15.6. The number of nitrogens with two attached hydrogens (primary N) is 1. The molecule has 4 rings (SSSR count). The molecule has 1 atom stereocenters. The highest BCUT2D eigenvalue weighted by molar-refractivity contribution is 6.05. The van der Waals surface area contributed by atoms with Crippen LogP contribution in [0.1, 0.15) is 53.6 Å². The Morgan fingerprint density at radius 3 is 2.86 bits per heavy atom. The number of carbonyl (C=O) groups is 1. The Hall–Kier alpha value is -3.67. The number of nitrogens with zero attached hydrogens (tertiary/aromatic N) is 5. The summed E-state index contributed by atoms with van der Waals surface area (Å²) in [5.41, 5.74) is 8.18. The molecule has 9 nitrogen and oxygen atoms in total. The van der Waals surface area contributed by atoms with Crippen LogP contribution in [-0.2, 0) is 0 Å². The summed E-state index contributed by atoms with van der Waals surface area (Å²) in [4.78, 5) is 25.2. The summed E-state index contributed by atoms with van der Waals surface area (Å²) in [6, 6.07) is 7.63. The maximum Gasteiger partial charge on any atom is 0.253 e. The lowest BCUT2D eigenvalue weighted by molar-refractivity contribution is 0.0964. The predicted octanol–water partition coefficient (Wildman–Crippen LogP) is 2.15. The molecule has 0 bridgehead atoms. The van der Waals surface area contributed by atoms with Crippen molar-refractivity contribution in [2.45, 2.75) is 31.8 Å². The van der Waals surface area contributed by atoms with Gasteiger partial charge in [0, 0.05) is 13.1 Å². The molecule has 1 aliphatic rings. The molecule has 1 fully saturated rings. The number of nitriles is 1. The maximum atomic E-state index is 12.4. The van der Waals surface area contributed by atoms with Gasteiger partial charge in [0.2, 0.25) is 0 Å². The van der Waals surface area contributed by atoms with E-state index in [0.717, 1.165) is 29.7 Å². The van der Waals surface area contributed by atoms with Gasteiger partial charge in [0.1, 0.15) is 35.4 Å². The highest BCUT2D eigenvalue weighted by atomic mass is 16.1. The van der Waals surface area contributed by atoms with Crippen molar-refractivity contribution in [2.75, 3.05) is 18.1 Å². The van der Waals surface area contributed by atoms with Gasteiger partial charge in [-0.1, -0.05) is 6.07 Å². The SMILES string of the molecule is CNC(=O)c1cccc2nc(C(C)Nc3ncnc(N)c3C#N)n(C3CC3)c12. The normalized spacial score (nSPS) is 14.5. The zero-order valence-electron chi connectivity index (χ0n) is 15.6. The summed E-state index contributed by atoms with van der Waals surface area (Å²) >= 11 is 0. The van der Waals surface area contributed by atoms with Crippen LogP contribution in [-0.4, -0.2) is 32.5 Å². The van der Waals surface area contributed by atoms with Gasteiger partial charge in [0.15, 0.2) is 0 Å². The molecule has 9 heteroatoms. The van der Waals surface area contributed by atoms with Crippen molar-refractivity contribution in [3.63, 3.8) is 0 Å². The minimum absolute atomic E-state index is 0.129. The summed E-state index contributed by atoms with van der Waals surface area (Å²) in [6.45, 7) is 1.94. The molecule has 1 aliphatic carbocycles. The minimum atomic E-state index is -0.257. The molecule has 142 valence electrons. The number of anilines is 2. The Labute approximate surface area is 161 Å². The first-order valence-corrected chi connectivity index (χ1v) is 9.05. The van der Waals surface area contributed by atoms with Crippen molar-refractivity contribution >= 4 is 28.6 Å². The Bertz CT molecular complexity index is 1110. The number of para-hydroxylation sites is 1. The lowest BCUT2D eigenvalue weighted by Gasteiger charge is -2.18. The molecule has 0 spiro atoms. The predicted molar refractivity (Wildman–Crippen MR) is 105 cm³/mol. The average molecular weight is 376 g/mol. The lowest BCUT2D eigenvalue weighted by atomic mass is 10.1. The van der Waals surface area contributed by atoms with E-state index in [1.165, 1.54) is 6.33 Å². The summed E-state index contributed by atoms with van der Waals surface area (Å²) in [6.07, 6.45) is 3.40. The van der Waals surface area contributed by atoms with E-state index in [4.69, 9.17) is 10.7 Å². The van der Waals surface area contributed by atoms with Crippen molar-refractivity contribution in [3.05, 3.63) is 41.5 Å². The van der Waals surface area contributed by atoms with Crippen molar-refractivity contribution in [3.8, 4) is 6.07 Å². The number of benzene rings is 1. The quantitative estimate of drug-likeness (QED) is 0.621. The third-order valence-corrected chi connectivity index (χ3v) is 4.85. The van der Waals surface area contributed by atoms with Crippen LogP contribution in [0.5, 0.6) is 0 Å². The second kappa shape index (κ2) is 6.81. The van der Waals surface area contributed by atoms with Gasteiger partial charge in [0.25, 0.3) is 5.91 Å². The fraction of sp³-hybridized carbons (Fsp3) is 0.316. The largest absolute Gasteiger partial charge is 0.382 e. The first-order valence-electron chi connectivity index (χ1n) is 9.05. The number of amides is 1. The molecule has 28 heavy (non-hydrogen) atoms. The van der Waals surface area contributed by atoms with Gasteiger partial charge in [-0.3, -0.25) is 4.79 Å². The highest BCUT2D eigenvalue weighted by Gasteiger charge is 2.32. The van der Waals surface area contributed by atoms with Crippen LogP contribution >= 0.6 is 0 Å². The number of carbonyl (C=O) groups excluding carboxylic acids is 1. The second-order valence-corrected chi connectivity index (χ2v) is 6.78. The monoisotopic (exact) mass is 376 g/mol. The van der Waals surface area contributed by atoms with Crippen LogP contribution in [0.2, 0.25) is 0 Å². The number of imidazole rings is 1. The van der Waals surface area contributed by atoms with Crippen LogP contribution in [0.15, 0.2) is 24.5 Å². The third kappa shape index (κ3) is 2.89. The fourth-order valence-electron chi connectivity index (χ4n) is 3.38. The van der Waals surface area contributed by atoms with Crippen molar-refractivity contribution in [2.24, 2.45) is 0 Å². The molecule has 0 aliphatic heterocycles. The molecule has 0 radical (unpaired) electrons. The van der Waals surface area contributed by atoms with E-state index < -0.39 is 0 Å². The molecule has 1 saturated carbocycles. The van der Waals surface area contributed by atoms with Crippen LogP contribution in [0.3, 0.4) is 0 Å². The van der Waals surface area contributed by atoms with Crippen LogP contribution < -0.4 is 16.4 Å². The Kier molecular flexibility index (Phi) is 4.31. The summed E-state index contributed by atoms with van der Waals surface area (Å²) < 4.78 is 2.13. The van der Waals surface area contributed by atoms with E-state index in [0.29, 0.717) is 17.4 Å². The van der Waals surface area contributed by atoms with Crippen molar-refractivity contribution < 1.29 is 4.79 Å². The minimum Gasteiger partial charge on any atom is -0.382 e. The number of hydrogen-bond acceptors (Lipinski definition) is 7. The van der Waals surface area contributed by atoms with Gasteiger partial charge in [0.05, 0.1) is 22.6 Å². The van der Waals surface area contributed by atoms with Crippen LogP contribution in [0.25, 0.3) is 11.0 Å². The lowest BCUT2D eigenvalue weighted by Crippen LogP contribution is -2.20. The number of hydrogen-bond donors (Lipinski definition) is 3. The Balaban J connectivity index is 1.81. The number of nitrogen functional groups attached to an aromatic ring is 1. The van der Waals surface area contributed by atoms with E-state index in [2.05, 4.69) is 25.2 Å². The fourth-order valence-corrected chi connectivity index (χ4v) is 3.38. The molecule has 3 aromatic rings. The summed E-state index contributed by atoms with van der Waals surface area (Å²) in [5, 5.41) is 15.3. The molecular weight excluding hydrogens is 356 g/mol. The molecule has 1 amide bonds. The second-order valence-electron chi connectivity index (χ2n) is 6.78. The van der Waals surface area contributed by atoms with E-state index in [1.54, 1.807) is 7.05 Å².